The number of hydrogen-bond acceptors (Lipinski definition) is 6. The predicted molar refractivity (Wildman–Crippen MR) is 174 cm³/mol. The maximum atomic E-state index is 13.4. The fraction of sp³-hybridized carbons (Fsp3) is 0.314. The molecule has 0 unspecified atom stereocenters. The molecule has 3 heterocycles. The molecule has 0 fully saturated rings. The molecule has 0 aliphatic rings. The van der Waals surface area contributed by atoms with Crippen LogP contribution < -0.4 is 29.5 Å². The van der Waals surface area contributed by atoms with E-state index in [1.807, 2.05) is 122 Å². The Labute approximate surface area is 275 Å². The van der Waals surface area contributed by atoms with Gasteiger partial charge < -0.3 is 30.7 Å². The summed E-state index contributed by atoms with van der Waals surface area (Å²) in [4.78, 5) is 40.8. The number of carbonyl (C=O) groups is 3. The Balaban J connectivity index is 1.48. The van der Waals surface area contributed by atoms with Crippen LogP contribution in [0.1, 0.15) is 5.56 Å². The first-order chi connectivity index (χ1) is 22.7. The number of ether oxygens (including phenoxy) is 1. The quantitative estimate of drug-likeness (QED) is 0.145. The summed E-state index contributed by atoms with van der Waals surface area (Å²) < 4.78 is 12.4. The van der Waals surface area contributed by atoms with Crippen molar-refractivity contribution < 1.29 is 37.9 Å². The molecular weight excluding hydrogens is 598 g/mol. The Kier molecular flexibility index (Phi) is 12.5. The van der Waals surface area contributed by atoms with Crippen LogP contribution in [0.3, 0.4) is 0 Å². The second-order valence-electron chi connectivity index (χ2n) is 11.2. The number of primary amides is 1. The maximum absolute atomic E-state index is 13.4. The van der Waals surface area contributed by atoms with Gasteiger partial charge in [0.25, 0.3) is 22.8 Å². The Hall–Kier alpha value is -5.20. The molecule has 1 aromatic carbocycles. The van der Waals surface area contributed by atoms with Gasteiger partial charge in [0, 0.05) is 37.4 Å². The number of benzene rings is 1. The maximum Gasteiger partial charge on any atom is 0.281 e. The van der Waals surface area contributed by atoms with Gasteiger partial charge in [0.1, 0.15) is 33.5 Å². The minimum atomic E-state index is -0.688. The number of nitrogens with zero attached hydrogens (tertiary/aromatic N) is 5. The van der Waals surface area contributed by atoms with Gasteiger partial charge in [0.05, 0.1) is 44.9 Å². The van der Waals surface area contributed by atoms with Crippen molar-refractivity contribution in [2.24, 2.45) is 26.9 Å². The molecule has 3 aromatic heterocycles. The van der Waals surface area contributed by atoms with Gasteiger partial charge in [0.2, 0.25) is 17.7 Å². The molecule has 0 bridgehead atoms. The van der Waals surface area contributed by atoms with Crippen LogP contribution >= 0.6 is 0 Å². The molecule has 12 heteroatoms. The van der Waals surface area contributed by atoms with E-state index in [9.17, 15) is 19.5 Å². The molecule has 4 N–H and O–H groups in total. The van der Waals surface area contributed by atoms with E-state index in [1.165, 1.54) is 9.80 Å². The number of carbonyl (C=O) groups excluding carboxylic acids is 3. The molecule has 0 spiro atoms. The first-order valence-electron chi connectivity index (χ1n) is 15.4. The minimum Gasteiger partial charge on any atom is -0.491 e. The Bertz CT molecular complexity index is 1620. The van der Waals surface area contributed by atoms with Gasteiger partial charge in [-0.2, -0.15) is 13.7 Å². The van der Waals surface area contributed by atoms with Crippen LogP contribution in [0.4, 0.5) is 0 Å². The molecule has 0 saturated carbocycles. The van der Waals surface area contributed by atoms with E-state index in [2.05, 4.69) is 9.88 Å². The van der Waals surface area contributed by atoms with Crippen molar-refractivity contribution in [3.05, 3.63) is 96.8 Å². The van der Waals surface area contributed by atoms with Crippen molar-refractivity contribution in [2.75, 3.05) is 45.9 Å². The number of hydrogen-bond donors (Lipinski definition) is 3. The third-order valence-corrected chi connectivity index (χ3v) is 7.74. The summed E-state index contributed by atoms with van der Waals surface area (Å²) in [5, 5.41) is 12.7. The zero-order chi connectivity index (χ0) is 33.8. The molecule has 12 nitrogen and oxygen atoms in total. The first kappa shape index (κ1) is 34.7. The van der Waals surface area contributed by atoms with Gasteiger partial charge in [-0.15, -0.1) is 0 Å². The van der Waals surface area contributed by atoms with E-state index in [-0.39, 0.29) is 51.8 Å². The number of aliphatic hydroxyl groups excluding tert-OH is 1. The third kappa shape index (κ3) is 9.65. The van der Waals surface area contributed by atoms with Crippen LogP contribution in [0.2, 0.25) is 0 Å². The highest BCUT2D eigenvalue weighted by molar-refractivity contribution is 5.88. The Morgan fingerprint density at radius 2 is 1.34 bits per heavy atom. The number of nitrogens with one attached hydrogen (secondary N) is 1. The van der Waals surface area contributed by atoms with Crippen LogP contribution in [-0.2, 0) is 42.1 Å². The lowest BCUT2D eigenvalue weighted by Gasteiger charge is -2.26. The van der Waals surface area contributed by atoms with Crippen LogP contribution in [0.5, 0.6) is 5.75 Å². The van der Waals surface area contributed by atoms with Crippen molar-refractivity contribution in [1.29, 1.82) is 0 Å². The van der Waals surface area contributed by atoms with Crippen LogP contribution in [0.25, 0.3) is 22.8 Å². The second kappa shape index (κ2) is 16.9. The number of nitrogens with two attached hydrogens (primary N) is 1. The first-order valence-corrected chi connectivity index (χ1v) is 15.4. The molecule has 0 radical (unpaired) electrons. The lowest BCUT2D eigenvalue weighted by atomic mass is 10.1. The van der Waals surface area contributed by atoms with Crippen LogP contribution in [-0.4, -0.2) is 78.6 Å². The molecule has 0 aliphatic heterocycles. The highest BCUT2D eigenvalue weighted by Gasteiger charge is 2.29. The minimum absolute atomic E-state index is 0.0183. The summed E-state index contributed by atoms with van der Waals surface area (Å²) in [5.74, 6) is -0.939. The van der Waals surface area contributed by atoms with E-state index < -0.39 is 11.8 Å². The van der Waals surface area contributed by atoms with Gasteiger partial charge >= 0.3 is 0 Å². The summed E-state index contributed by atoms with van der Waals surface area (Å²) in [6.45, 7) is -0.414. The van der Waals surface area contributed by atoms with E-state index in [4.69, 9.17) is 10.5 Å². The van der Waals surface area contributed by atoms with Gasteiger partial charge in [-0.25, -0.2) is 0 Å². The average Bonchev–Trinajstić information content (AvgIpc) is 3.05. The Morgan fingerprint density at radius 1 is 0.766 bits per heavy atom. The molecule has 47 heavy (non-hydrogen) atoms. The molecule has 0 atom stereocenters. The average molecular weight is 643 g/mol. The summed E-state index contributed by atoms with van der Waals surface area (Å²) >= 11 is 0. The fourth-order valence-corrected chi connectivity index (χ4v) is 5.24. The number of pyridine rings is 3. The van der Waals surface area contributed by atoms with Gasteiger partial charge in [0.15, 0.2) is 12.4 Å². The van der Waals surface area contributed by atoms with Crippen molar-refractivity contribution in [3.8, 4) is 28.5 Å². The topological polar surface area (TPSA) is 137 Å². The summed E-state index contributed by atoms with van der Waals surface area (Å²) in [7, 11) is 5.95. The molecule has 0 aliphatic carbocycles. The molecule has 246 valence electrons. The predicted octanol–water partition coefficient (Wildman–Crippen LogP) is -0.202. The third-order valence-electron chi connectivity index (χ3n) is 7.74. The van der Waals surface area contributed by atoms with Crippen LogP contribution in [0, 0.1) is 0 Å². The van der Waals surface area contributed by atoms with E-state index in [0.717, 1.165) is 28.3 Å². The summed E-state index contributed by atoms with van der Waals surface area (Å²) in [6.07, 6.45) is 3.95. The number of aromatic nitrogens is 3. The molecule has 4 rings (SSSR count). The zero-order valence-corrected chi connectivity index (χ0v) is 27.2. The molecule has 3 amide bonds. The number of aliphatic hydroxyl groups is 1. The SMILES string of the molecule is C[n+]1ccccc1-c1cc(OCCN(CC(N)=O)C(=O)CN(CCO)C(=O)CNCc2ccccc2)cc(-c2cccc[n+]2C)[n+]1C. The monoisotopic (exact) mass is 642 g/mol. The number of aryl methyl sites for hydroxylation is 2. The van der Waals surface area contributed by atoms with Crippen molar-refractivity contribution in [3.63, 3.8) is 0 Å². The van der Waals surface area contributed by atoms with Crippen molar-refractivity contribution >= 4 is 17.7 Å². The lowest BCUT2D eigenvalue weighted by molar-refractivity contribution is -0.697. The number of rotatable bonds is 16. The van der Waals surface area contributed by atoms with E-state index >= 15 is 0 Å². The summed E-state index contributed by atoms with van der Waals surface area (Å²) in [5.41, 5.74) is 10.3. The second-order valence-corrected chi connectivity index (χ2v) is 11.2. The van der Waals surface area contributed by atoms with Gasteiger partial charge in [-0.3, -0.25) is 14.4 Å². The van der Waals surface area contributed by atoms with Gasteiger partial charge in [-0.05, 0) is 17.7 Å². The summed E-state index contributed by atoms with van der Waals surface area (Å²) in [6, 6.07) is 25.4. The fourth-order valence-electron chi connectivity index (χ4n) is 5.24. The van der Waals surface area contributed by atoms with Crippen molar-refractivity contribution in [2.45, 2.75) is 6.54 Å². The number of amides is 3. The van der Waals surface area contributed by atoms with Gasteiger partial charge in [-0.1, -0.05) is 30.3 Å². The Morgan fingerprint density at radius 3 is 1.89 bits per heavy atom. The molecular formula is C35H44N7O5+3. The standard InChI is InChI=1S/C35H43N7O5/c1-38-15-9-7-13-29(38)31-21-28(22-32(40(31)3)30-14-8-10-16-39(30)2)47-20-18-42(25-33(36)44)35(46)26-41(17-19-43)34(45)24-37-23-27-11-5-4-6-12-27/h4-16,21-22,37,43H,17-20,23-26H2,1-3H3,(H-,36,44)/q+2/p+1. The largest absolute Gasteiger partial charge is 0.491 e. The van der Waals surface area contributed by atoms with Crippen LogP contribution in [0.15, 0.2) is 91.3 Å². The normalized spacial score (nSPS) is 10.8. The molecule has 0 saturated heterocycles. The lowest BCUT2D eigenvalue weighted by Crippen LogP contribution is -2.49. The highest BCUT2D eigenvalue weighted by Crippen LogP contribution is 2.24. The van der Waals surface area contributed by atoms with E-state index in [0.29, 0.717) is 12.3 Å². The molecule has 4 aromatic rings. The van der Waals surface area contributed by atoms with E-state index in [1.54, 1.807) is 0 Å². The highest BCUT2D eigenvalue weighted by atomic mass is 16.5. The smallest absolute Gasteiger partial charge is 0.281 e. The zero-order valence-electron chi connectivity index (χ0n) is 27.2. The van der Waals surface area contributed by atoms with Crippen molar-refractivity contribution in [1.82, 2.24) is 15.1 Å².